The van der Waals surface area contributed by atoms with Crippen LogP contribution in [0.4, 0.5) is 5.95 Å². The normalized spacial score (nSPS) is 18.3. The molecule has 2 aliphatic rings. The number of piperazine rings is 1. The summed E-state index contributed by atoms with van der Waals surface area (Å²) in [6, 6.07) is 14.1. The molecule has 1 saturated heterocycles. The molecule has 0 aliphatic carbocycles. The number of hydrogen-bond donors (Lipinski definition) is 0. The predicted octanol–water partition coefficient (Wildman–Crippen LogP) is 2.84. The molecule has 0 amide bonds. The van der Waals surface area contributed by atoms with Crippen molar-refractivity contribution in [2.45, 2.75) is 12.5 Å². The second-order valence-corrected chi connectivity index (χ2v) is 8.42. The summed E-state index contributed by atoms with van der Waals surface area (Å²) in [5.41, 5.74) is 2.26. The quantitative estimate of drug-likeness (QED) is 0.564. The first kappa shape index (κ1) is 20.3. The van der Waals surface area contributed by atoms with Crippen molar-refractivity contribution in [2.24, 2.45) is 0 Å². The third-order valence-corrected chi connectivity index (χ3v) is 6.20. The molecule has 0 radical (unpaired) electrons. The molecular formula is C23H20N4O4S. The second kappa shape index (κ2) is 8.52. The van der Waals surface area contributed by atoms with E-state index in [0.29, 0.717) is 25.6 Å². The van der Waals surface area contributed by atoms with Gasteiger partial charge in [0, 0.05) is 49.1 Å². The van der Waals surface area contributed by atoms with Gasteiger partial charge in [-0.2, -0.15) is 0 Å². The van der Waals surface area contributed by atoms with Crippen molar-refractivity contribution in [3.05, 3.63) is 78.0 Å². The number of aromatic nitrogens is 2. The van der Waals surface area contributed by atoms with Crippen molar-refractivity contribution in [3.63, 3.8) is 0 Å². The molecule has 1 aromatic carbocycles. The Balaban J connectivity index is 1.43. The lowest BCUT2D eigenvalue weighted by molar-refractivity contribution is -0.232. The molecule has 2 aromatic heterocycles. The Morgan fingerprint density at radius 2 is 1.75 bits per heavy atom. The number of ether oxygens (including phenoxy) is 2. The van der Waals surface area contributed by atoms with E-state index in [-0.39, 0.29) is 6.54 Å². The second-order valence-electron chi connectivity index (χ2n) is 7.48. The molecule has 0 unspecified atom stereocenters. The minimum absolute atomic E-state index is 0.160. The van der Waals surface area contributed by atoms with E-state index in [1.807, 2.05) is 12.1 Å². The number of carbonyl (C=O) groups is 2. The number of esters is 2. The molecule has 1 fully saturated rings. The van der Waals surface area contributed by atoms with Gasteiger partial charge in [0.25, 0.3) is 0 Å². The molecule has 5 rings (SSSR count). The number of rotatable bonds is 4. The highest BCUT2D eigenvalue weighted by Crippen LogP contribution is 2.32. The van der Waals surface area contributed by atoms with Gasteiger partial charge in [-0.05, 0) is 34.7 Å². The summed E-state index contributed by atoms with van der Waals surface area (Å²) < 4.78 is 11.3. The Morgan fingerprint density at radius 3 is 2.47 bits per heavy atom. The van der Waals surface area contributed by atoms with Crippen LogP contribution in [-0.2, 0) is 25.6 Å². The Morgan fingerprint density at radius 1 is 0.969 bits per heavy atom. The summed E-state index contributed by atoms with van der Waals surface area (Å²) in [6.07, 6.45) is 5.34. The predicted molar refractivity (Wildman–Crippen MR) is 118 cm³/mol. The van der Waals surface area contributed by atoms with E-state index in [1.54, 1.807) is 34.7 Å². The molecule has 3 aromatic rings. The van der Waals surface area contributed by atoms with E-state index >= 15 is 0 Å². The Hall–Kier alpha value is -3.56. The molecule has 8 nitrogen and oxygen atoms in total. The van der Waals surface area contributed by atoms with E-state index < -0.39 is 17.8 Å². The highest BCUT2D eigenvalue weighted by atomic mass is 32.1. The summed E-state index contributed by atoms with van der Waals surface area (Å²) in [7, 11) is 0. The number of hydrogen-bond acceptors (Lipinski definition) is 9. The number of benzene rings is 1. The number of anilines is 1. The standard InChI is InChI=1S/C23H20N4O4S/c28-20-7-8-21(29)31-23(30-20)16-26(11-12-27(23)22-24-9-3-10-25-22)15-17-4-1-5-18(14-17)19-6-2-13-32-19/h1-10,13-14H,11-12,15-16H2. The number of nitrogens with zero attached hydrogens (tertiary/aromatic N) is 4. The Labute approximate surface area is 188 Å². The maximum Gasteiger partial charge on any atom is 0.358 e. The first-order valence-corrected chi connectivity index (χ1v) is 11.0. The zero-order valence-corrected chi connectivity index (χ0v) is 17.9. The molecule has 162 valence electrons. The van der Waals surface area contributed by atoms with Gasteiger partial charge in [0.15, 0.2) is 0 Å². The first-order valence-electron chi connectivity index (χ1n) is 10.2. The van der Waals surface area contributed by atoms with E-state index in [2.05, 4.69) is 44.5 Å². The van der Waals surface area contributed by atoms with Gasteiger partial charge in [-0.15, -0.1) is 11.3 Å². The van der Waals surface area contributed by atoms with Crippen LogP contribution in [0.1, 0.15) is 5.56 Å². The summed E-state index contributed by atoms with van der Waals surface area (Å²) in [4.78, 5) is 38.1. The molecule has 0 bridgehead atoms. The van der Waals surface area contributed by atoms with Gasteiger partial charge in [0.05, 0.1) is 6.54 Å². The van der Waals surface area contributed by atoms with Gasteiger partial charge in [0.1, 0.15) is 0 Å². The lowest BCUT2D eigenvalue weighted by Gasteiger charge is -2.47. The van der Waals surface area contributed by atoms with E-state index in [0.717, 1.165) is 23.3 Å². The highest BCUT2D eigenvalue weighted by molar-refractivity contribution is 7.13. The van der Waals surface area contributed by atoms with Gasteiger partial charge in [-0.3, -0.25) is 9.80 Å². The molecule has 2 aliphatic heterocycles. The van der Waals surface area contributed by atoms with Crippen LogP contribution in [0.3, 0.4) is 0 Å². The van der Waals surface area contributed by atoms with Crippen LogP contribution in [0, 0.1) is 0 Å². The van der Waals surface area contributed by atoms with Crippen LogP contribution in [0.5, 0.6) is 0 Å². The van der Waals surface area contributed by atoms with Crippen molar-refractivity contribution in [3.8, 4) is 10.4 Å². The van der Waals surface area contributed by atoms with Gasteiger partial charge in [-0.1, -0.05) is 24.3 Å². The number of carbonyl (C=O) groups excluding carboxylic acids is 2. The minimum atomic E-state index is -1.65. The first-order chi connectivity index (χ1) is 15.6. The maximum atomic E-state index is 12.3. The van der Waals surface area contributed by atoms with Crippen LogP contribution in [-0.4, -0.2) is 52.4 Å². The maximum absolute atomic E-state index is 12.3. The fraction of sp³-hybridized carbons (Fsp3) is 0.217. The van der Waals surface area contributed by atoms with Gasteiger partial charge < -0.3 is 9.47 Å². The largest absolute Gasteiger partial charge is 0.399 e. The van der Waals surface area contributed by atoms with Gasteiger partial charge >= 0.3 is 17.8 Å². The monoisotopic (exact) mass is 448 g/mol. The zero-order valence-electron chi connectivity index (χ0n) is 17.1. The zero-order chi connectivity index (χ0) is 22.0. The molecular weight excluding hydrogens is 428 g/mol. The minimum Gasteiger partial charge on any atom is -0.399 e. The molecule has 4 heterocycles. The third-order valence-electron chi connectivity index (χ3n) is 5.28. The average Bonchev–Trinajstić information content (AvgIpc) is 3.29. The van der Waals surface area contributed by atoms with Crippen LogP contribution in [0.25, 0.3) is 10.4 Å². The van der Waals surface area contributed by atoms with E-state index in [4.69, 9.17) is 9.47 Å². The Bertz CT molecular complexity index is 1130. The summed E-state index contributed by atoms with van der Waals surface area (Å²) in [5.74, 6) is -2.63. The Kier molecular flexibility index (Phi) is 5.42. The van der Waals surface area contributed by atoms with Crippen molar-refractivity contribution >= 4 is 29.2 Å². The van der Waals surface area contributed by atoms with E-state index in [1.165, 1.54) is 4.88 Å². The smallest absolute Gasteiger partial charge is 0.358 e. The molecule has 32 heavy (non-hydrogen) atoms. The highest BCUT2D eigenvalue weighted by Gasteiger charge is 2.51. The fourth-order valence-electron chi connectivity index (χ4n) is 3.91. The fourth-order valence-corrected chi connectivity index (χ4v) is 4.64. The summed E-state index contributed by atoms with van der Waals surface area (Å²) in [6.45, 7) is 1.82. The molecule has 0 atom stereocenters. The summed E-state index contributed by atoms with van der Waals surface area (Å²) in [5, 5.41) is 2.05. The van der Waals surface area contributed by atoms with Crippen molar-refractivity contribution in [1.82, 2.24) is 14.9 Å². The van der Waals surface area contributed by atoms with E-state index in [9.17, 15) is 9.59 Å². The molecule has 0 N–H and O–H groups in total. The lowest BCUT2D eigenvalue weighted by atomic mass is 10.1. The average molecular weight is 449 g/mol. The van der Waals surface area contributed by atoms with Crippen LogP contribution < -0.4 is 4.90 Å². The lowest BCUT2D eigenvalue weighted by Crippen LogP contribution is -2.66. The molecule has 0 saturated carbocycles. The van der Waals surface area contributed by atoms with Gasteiger partial charge in [-0.25, -0.2) is 19.6 Å². The topological polar surface area (TPSA) is 84.9 Å². The van der Waals surface area contributed by atoms with Crippen molar-refractivity contribution in [2.75, 3.05) is 24.5 Å². The third kappa shape index (κ3) is 4.12. The van der Waals surface area contributed by atoms with Crippen LogP contribution in [0.2, 0.25) is 0 Å². The van der Waals surface area contributed by atoms with Crippen molar-refractivity contribution < 1.29 is 19.1 Å². The van der Waals surface area contributed by atoms with Gasteiger partial charge in [0.2, 0.25) is 5.95 Å². The number of thiophene rings is 1. The molecule has 9 heteroatoms. The SMILES string of the molecule is O=C1C=CC(=O)OC2(CN(Cc3cccc(-c4cccs4)c3)CCN2c2ncccn2)O1. The van der Waals surface area contributed by atoms with Crippen LogP contribution >= 0.6 is 11.3 Å². The summed E-state index contributed by atoms with van der Waals surface area (Å²) >= 11 is 1.69. The van der Waals surface area contributed by atoms with Crippen molar-refractivity contribution in [1.29, 1.82) is 0 Å². The molecule has 1 spiro atoms. The van der Waals surface area contributed by atoms with Crippen LogP contribution in [0.15, 0.2) is 72.4 Å².